The molecule has 0 aromatic heterocycles. The first-order valence-corrected chi connectivity index (χ1v) is 13.0. The first-order valence-electron chi connectivity index (χ1n) is 13.0. The maximum atomic E-state index is 13.6. The number of unbranched alkanes of at least 4 members (excludes halogenated alkanes) is 3. The monoisotopic (exact) mass is 501 g/mol. The Morgan fingerprint density at radius 1 is 1.03 bits per heavy atom. The largest absolute Gasteiger partial charge is 0.481 e. The maximum absolute atomic E-state index is 13.6. The number of nitrogens with one attached hydrogen (secondary N) is 1. The van der Waals surface area contributed by atoms with Crippen molar-refractivity contribution in [3.8, 4) is 0 Å². The molecule has 0 spiro atoms. The number of carboxylic acid groups (broad SMARTS) is 1. The van der Waals surface area contributed by atoms with Crippen LogP contribution < -0.4 is 5.32 Å². The molecule has 2 saturated heterocycles. The van der Waals surface area contributed by atoms with E-state index in [0.717, 1.165) is 37.7 Å². The third-order valence-electron chi connectivity index (χ3n) is 6.76. The standard InChI is InChI=1S/C26H39N5O5/c1-3-5-10-15-28-18-22-30(21(25(28)35)13-14-24(33)34)23(32)19-29(16-6-4-2)31(22)26(36)27-17-20-11-8-7-9-12-20/h7-9,11-12,21-22H,3-6,10,13-19H2,1-2H3,(H,27,36)(H,33,34)/t21-,22-/m0/s1. The van der Waals surface area contributed by atoms with Crippen LogP contribution in [0.2, 0.25) is 0 Å². The summed E-state index contributed by atoms with van der Waals surface area (Å²) in [7, 11) is 0. The number of benzene rings is 1. The molecule has 3 rings (SSSR count). The predicted molar refractivity (Wildman–Crippen MR) is 134 cm³/mol. The molecule has 10 nitrogen and oxygen atoms in total. The maximum Gasteiger partial charge on any atom is 0.334 e. The number of carbonyl (C=O) groups excluding carboxylic acids is 3. The molecule has 2 heterocycles. The molecule has 2 fully saturated rings. The second-order valence-corrected chi connectivity index (χ2v) is 9.45. The van der Waals surface area contributed by atoms with Gasteiger partial charge in [0.25, 0.3) is 0 Å². The van der Waals surface area contributed by atoms with Gasteiger partial charge in [0.05, 0.1) is 13.1 Å². The molecule has 2 N–H and O–H groups in total. The van der Waals surface area contributed by atoms with Gasteiger partial charge in [0.1, 0.15) is 12.2 Å². The summed E-state index contributed by atoms with van der Waals surface area (Å²) < 4.78 is 0. The van der Waals surface area contributed by atoms with Gasteiger partial charge in [0, 0.05) is 26.1 Å². The Bertz CT molecular complexity index is 911. The lowest BCUT2D eigenvalue weighted by atomic mass is 10.0. The summed E-state index contributed by atoms with van der Waals surface area (Å²) in [5.74, 6) is -1.50. The third-order valence-corrected chi connectivity index (χ3v) is 6.76. The fourth-order valence-corrected chi connectivity index (χ4v) is 4.87. The first kappa shape index (κ1) is 27.4. The number of hydrazine groups is 1. The van der Waals surface area contributed by atoms with Crippen LogP contribution in [0.3, 0.4) is 0 Å². The highest BCUT2D eigenvalue weighted by molar-refractivity contribution is 5.91. The SMILES string of the molecule is CCCCCN1C[C@H]2N(C(=O)CN(CCCC)N2C(=O)NCc2ccccc2)[C@@H](CCC(=O)O)C1=O. The molecule has 4 amide bonds. The van der Waals surface area contributed by atoms with E-state index in [0.29, 0.717) is 19.6 Å². The number of aliphatic carboxylic acids is 1. The Hall–Kier alpha value is -3.14. The van der Waals surface area contributed by atoms with Gasteiger partial charge in [-0.2, -0.15) is 0 Å². The van der Waals surface area contributed by atoms with Crippen molar-refractivity contribution in [3.05, 3.63) is 35.9 Å². The molecule has 0 unspecified atom stereocenters. The van der Waals surface area contributed by atoms with E-state index in [9.17, 15) is 24.3 Å². The van der Waals surface area contributed by atoms with Gasteiger partial charge in [-0.05, 0) is 24.8 Å². The highest BCUT2D eigenvalue weighted by atomic mass is 16.4. The number of carboxylic acids is 1. The Kier molecular flexibility index (Phi) is 10.1. The number of hydrogen-bond donors (Lipinski definition) is 2. The lowest BCUT2D eigenvalue weighted by Crippen LogP contribution is -2.76. The van der Waals surface area contributed by atoms with Crippen molar-refractivity contribution in [2.45, 2.75) is 77.5 Å². The second-order valence-electron chi connectivity index (χ2n) is 9.45. The number of rotatable bonds is 12. The zero-order chi connectivity index (χ0) is 26.1. The molecule has 2 aliphatic rings. The molecule has 0 saturated carbocycles. The number of amides is 4. The van der Waals surface area contributed by atoms with E-state index in [1.807, 2.05) is 30.3 Å². The number of nitrogens with zero attached hydrogens (tertiary/aromatic N) is 4. The van der Waals surface area contributed by atoms with Crippen LogP contribution in [0.15, 0.2) is 30.3 Å². The van der Waals surface area contributed by atoms with E-state index in [1.54, 1.807) is 14.9 Å². The third kappa shape index (κ3) is 6.75. The lowest BCUT2D eigenvalue weighted by molar-refractivity contribution is -0.191. The van der Waals surface area contributed by atoms with Crippen LogP contribution in [0.4, 0.5) is 4.79 Å². The zero-order valence-electron chi connectivity index (χ0n) is 21.4. The first-order chi connectivity index (χ1) is 17.4. The van der Waals surface area contributed by atoms with Crippen molar-refractivity contribution < 1.29 is 24.3 Å². The molecule has 0 bridgehead atoms. The number of fused-ring (bicyclic) bond motifs is 1. The molecule has 0 aliphatic carbocycles. The van der Waals surface area contributed by atoms with Crippen LogP contribution >= 0.6 is 0 Å². The Morgan fingerprint density at radius 2 is 1.75 bits per heavy atom. The number of urea groups is 1. The normalized spacial score (nSPS) is 20.4. The average molecular weight is 502 g/mol. The molecule has 10 heteroatoms. The topological polar surface area (TPSA) is 114 Å². The summed E-state index contributed by atoms with van der Waals surface area (Å²) >= 11 is 0. The predicted octanol–water partition coefficient (Wildman–Crippen LogP) is 2.65. The van der Waals surface area contributed by atoms with E-state index < -0.39 is 18.2 Å². The zero-order valence-corrected chi connectivity index (χ0v) is 21.4. The van der Waals surface area contributed by atoms with Crippen LogP contribution in [0.25, 0.3) is 0 Å². The Labute approximate surface area is 213 Å². The van der Waals surface area contributed by atoms with Gasteiger partial charge in [-0.25, -0.2) is 14.8 Å². The van der Waals surface area contributed by atoms with Crippen molar-refractivity contribution in [1.82, 2.24) is 25.1 Å². The second kappa shape index (κ2) is 13.2. The van der Waals surface area contributed by atoms with Gasteiger partial charge in [-0.1, -0.05) is 63.4 Å². The van der Waals surface area contributed by atoms with Gasteiger partial charge in [-0.15, -0.1) is 0 Å². The van der Waals surface area contributed by atoms with Gasteiger partial charge in [0.2, 0.25) is 11.8 Å². The summed E-state index contributed by atoms with van der Waals surface area (Å²) in [4.78, 5) is 54.8. The number of hydrogen-bond acceptors (Lipinski definition) is 5. The van der Waals surface area contributed by atoms with Crippen LogP contribution in [0, 0.1) is 0 Å². The molecule has 2 atom stereocenters. The van der Waals surface area contributed by atoms with Gasteiger partial charge in [0.15, 0.2) is 0 Å². The molecule has 1 aromatic carbocycles. The minimum Gasteiger partial charge on any atom is -0.481 e. The summed E-state index contributed by atoms with van der Waals surface area (Å²) in [5, 5.41) is 15.6. The van der Waals surface area contributed by atoms with Crippen LogP contribution in [0.1, 0.15) is 64.4 Å². The molecule has 36 heavy (non-hydrogen) atoms. The fraction of sp³-hybridized carbons (Fsp3) is 0.615. The Balaban J connectivity index is 1.90. The quantitative estimate of drug-likeness (QED) is 0.426. The minimum absolute atomic E-state index is 0.0229. The molecule has 2 aliphatic heterocycles. The molecule has 0 radical (unpaired) electrons. The van der Waals surface area contributed by atoms with Gasteiger partial charge < -0.3 is 20.2 Å². The summed E-state index contributed by atoms with van der Waals surface area (Å²) in [6, 6.07) is 8.35. The van der Waals surface area contributed by atoms with Crippen molar-refractivity contribution in [2.75, 3.05) is 26.2 Å². The average Bonchev–Trinajstić information content (AvgIpc) is 2.86. The van der Waals surface area contributed by atoms with Crippen LogP contribution in [-0.4, -0.2) is 87.1 Å². The summed E-state index contributed by atoms with van der Waals surface area (Å²) in [6.45, 7) is 5.70. The van der Waals surface area contributed by atoms with Crippen LogP contribution in [-0.2, 0) is 20.9 Å². The summed E-state index contributed by atoms with van der Waals surface area (Å²) in [6.07, 6.45) is 3.60. The molecular formula is C26H39N5O5. The van der Waals surface area contributed by atoms with E-state index >= 15 is 0 Å². The minimum atomic E-state index is -1.02. The van der Waals surface area contributed by atoms with Gasteiger partial charge in [-0.3, -0.25) is 14.4 Å². The van der Waals surface area contributed by atoms with E-state index in [-0.39, 0.29) is 43.8 Å². The van der Waals surface area contributed by atoms with Gasteiger partial charge >= 0.3 is 12.0 Å². The highest BCUT2D eigenvalue weighted by Gasteiger charge is 2.51. The Morgan fingerprint density at radius 3 is 2.42 bits per heavy atom. The van der Waals surface area contributed by atoms with Crippen molar-refractivity contribution >= 4 is 23.8 Å². The van der Waals surface area contributed by atoms with Crippen molar-refractivity contribution in [2.24, 2.45) is 0 Å². The van der Waals surface area contributed by atoms with E-state index in [1.165, 1.54) is 4.90 Å². The van der Waals surface area contributed by atoms with E-state index in [4.69, 9.17) is 0 Å². The summed E-state index contributed by atoms with van der Waals surface area (Å²) in [5.41, 5.74) is 0.954. The molecule has 1 aromatic rings. The number of carbonyl (C=O) groups is 4. The lowest BCUT2D eigenvalue weighted by Gasteiger charge is -2.55. The fourth-order valence-electron chi connectivity index (χ4n) is 4.87. The smallest absolute Gasteiger partial charge is 0.334 e. The molecular weight excluding hydrogens is 462 g/mol. The van der Waals surface area contributed by atoms with Crippen molar-refractivity contribution in [3.63, 3.8) is 0 Å². The van der Waals surface area contributed by atoms with Crippen molar-refractivity contribution in [1.29, 1.82) is 0 Å². The van der Waals surface area contributed by atoms with Crippen LogP contribution in [0.5, 0.6) is 0 Å². The highest BCUT2D eigenvalue weighted by Crippen LogP contribution is 2.29. The molecule has 198 valence electrons. The van der Waals surface area contributed by atoms with E-state index in [2.05, 4.69) is 19.2 Å². The number of piperazine rings is 1.